The van der Waals surface area contributed by atoms with Crippen molar-refractivity contribution in [2.75, 3.05) is 18.0 Å². The van der Waals surface area contributed by atoms with Gasteiger partial charge in [-0.05, 0) is 63.1 Å². The molecule has 1 unspecified atom stereocenters. The zero-order chi connectivity index (χ0) is 27.9. The Morgan fingerprint density at radius 1 is 0.974 bits per heavy atom. The van der Waals surface area contributed by atoms with E-state index in [1.807, 2.05) is 58.0 Å². The lowest BCUT2D eigenvalue weighted by Crippen LogP contribution is -2.40. The molecule has 1 fully saturated rings. The van der Waals surface area contributed by atoms with E-state index in [0.717, 1.165) is 42.6 Å². The van der Waals surface area contributed by atoms with Crippen molar-refractivity contribution in [1.29, 1.82) is 0 Å². The molecule has 39 heavy (non-hydrogen) atoms. The van der Waals surface area contributed by atoms with Crippen LogP contribution in [0.3, 0.4) is 0 Å². The van der Waals surface area contributed by atoms with Crippen molar-refractivity contribution in [2.45, 2.75) is 66.1 Å². The molecule has 3 heterocycles. The smallest absolute Gasteiger partial charge is 0.337 e. The lowest BCUT2D eigenvalue weighted by Gasteiger charge is -2.39. The normalized spacial score (nSPS) is 16.4. The average Bonchev–Trinajstić information content (AvgIpc) is 3.30. The number of nitrogens with zero attached hydrogens (tertiary/aromatic N) is 5. The molecule has 0 radical (unpaired) electrons. The summed E-state index contributed by atoms with van der Waals surface area (Å²) in [4.78, 5) is 24.4. The van der Waals surface area contributed by atoms with E-state index >= 15 is 0 Å². The monoisotopic (exact) mass is 527 g/mol. The minimum Gasteiger partial charge on any atom is -0.479 e. The number of ether oxygens (including phenoxy) is 1. The van der Waals surface area contributed by atoms with E-state index in [2.05, 4.69) is 43.0 Å². The van der Waals surface area contributed by atoms with Crippen LogP contribution in [0.25, 0.3) is 28.3 Å². The molecular formula is C31H37N5O3. The summed E-state index contributed by atoms with van der Waals surface area (Å²) in [5, 5.41) is 15.2. The fourth-order valence-electron chi connectivity index (χ4n) is 5.12. The summed E-state index contributed by atoms with van der Waals surface area (Å²) < 4.78 is 7.83. The van der Waals surface area contributed by atoms with Crippen LogP contribution in [-0.2, 0) is 9.53 Å². The summed E-state index contributed by atoms with van der Waals surface area (Å²) >= 11 is 0. The number of aromatic nitrogens is 4. The molecule has 0 aliphatic carbocycles. The van der Waals surface area contributed by atoms with E-state index < -0.39 is 17.7 Å². The molecule has 1 aliphatic rings. The number of aliphatic carboxylic acids is 1. The van der Waals surface area contributed by atoms with Gasteiger partial charge >= 0.3 is 5.97 Å². The van der Waals surface area contributed by atoms with Gasteiger partial charge in [0.15, 0.2) is 11.9 Å². The Hall–Kier alpha value is -3.78. The second kappa shape index (κ2) is 10.1. The first kappa shape index (κ1) is 26.8. The van der Waals surface area contributed by atoms with E-state index in [4.69, 9.17) is 19.8 Å². The van der Waals surface area contributed by atoms with Crippen molar-refractivity contribution in [1.82, 2.24) is 19.6 Å². The molecule has 1 saturated heterocycles. The summed E-state index contributed by atoms with van der Waals surface area (Å²) in [6, 6.07) is 18.3. The molecule has 8 nitrogen and oxygen atoms in total. The lowest BCUT2D eigenvalue weighted by atomic mass is 9.82. The van der Waals surface area contributed by atoms with Crippen LogP contribution in [0.1, 0.15) is 64.8 Å². The largest absolute Gasteiger partial charge is 0.479 e. The van der Waals surface area contributed by atoms with Crippen molar-refractivity contribution >= 4 is 17.6 Å². The minimum atomic E-state index is -1.19. The molecule has 1 atom stereocenters. The molecule has 1 N–H and O–H groups in total. The molecule has 2 aromatic heterocycles. The number of fused-ring (bicyclic) bond motifs is 1. The van der Waals surface area contributed by atoms with E-state index in [0.29, 0.717) is 28.7 Å². The number of aryl methyl sites for hydroxylation is 1. The van der Waals surface area contributed by atoms with Gasteiger partial charge in [0.25, 0.3) is 5.78 Å². The highest BCUT2D eigenvalue weighted by atomic mass is 16.5. The van der Waals surface area contributed by atoms with Crippen LogP contribution in [0.2, 0.25) is 0 Å². The standard InChI is InChI=1S/C31H37N5O3/c1-20-24(25(28(37)38)39-30(2,3)4)27(35-17-15-31(5,6)16-18-35)36-29(32-20)33-26(34-36)23-14-10-13-22(19-23)21-11-8-7-9-12-21/h7-14,19,25H,15-18H2,1-6H3,(H,37,38). The van der Waals surface area contributed by atoms with E-state index in [-0.39, 0.29) is 5.41 Å². The van der Waals surface area contributed by atoms with Crippen molar-refractivity contribution in [3.05, 3.63) is 65.9 Å². The predicted octanol–water partition coefficient (Wildman–Crippen LogP) is 6.33. The third kappa shape index (κ3) is 5.66. The Morgan fingerprint density at radius 3 is 2.26 bits per heavy atom. The van der Waals surface area contributed by atoms with Gasteiger partial charge < -0.3 is 14.7 Å². The number of anilines is 1. The molecule has 2 aromatic carbocycles. The van der Waals surface area contributed by atoms with E-state index in [1.165, 1.54) is 0 Å². The second-order valence-corrected chi connectivity index (χ2v) is 12.1. The molecular weight excluding hydrogens is 490 g/mol. The highest BCUT2D eigenvalue weighted by molar-refractivity contribution is 5.78. The zero-order valence-electron chi connectivity index (χ0n) is 23.6. The quantitative estimate of drug-likeness (QED) is 0.313. The van der Waals surface area contributed by atoms with Gasteiger partial charge in [-0.3, -0.25) is 0 Å². The second-order valence-electron chi connectivity index (χ2n) is 12.1. The molecule has 0 saturated carbocycles. The summed E-state index contributed by atoms with van der Waals surface area (Å²) in [5.74, 6) is 0.626. The Morgan fingerprint density at radius 2 is 1.62 bits per heavy atom. The maximum Gasteiger partial charge on any atom is 0.337 e. The minimum absolute atomic E-state index is 0.220. The molecule has 0 amide bonds. The number of carboxylic acid groups (broad SMARTS) is 1. The number of rotatable bonds is 6. The molecule has 0 bridgehead atoms. The van der Waals surface area contributed by atoms with Crippen LogP contribution in [0.5, 0.6) is 0 Å². The van der Waals surface area contributed by atoms with Gasteiger partial charge in [0.2, 0.25) is 0 Å². The van der Waals surface area contributed by atoms with Crippen LogP contribution < -0.4 is 4.90 Å². The SMILES string of the molecule is Cc1nc2nc(-c3cccc(-c4ccccc4)c3)nn2c(N2CCC(C)(C)CC2)c1C(OC(C)(C)C)C(=O)O. The lowest BCUT2D eigenvalue weighted by molar-refractivity contribution is -0.160. The topological polar surface area (TPSA) is 92.9 Å². The first-order valence-electron chi connectivity index (χ1n) is 13.5. The highest BCUT2D eigenvalue weighted by Crippen LogP contribution is 2.39. The van der Waals surface area contributed by atoms with Crippen LogP contribution >= 0.6 is 0 Å². The number of piperidine rings is 1. The van der Waals surface area contributed by atoms with E-state index in [9.17, 15) is 9.90 Å². The fourth-order valence-corrected chi connectivity index (χ4v) is 5.12. The molecule has 8 heteroatoms. The number of hydrogen-bond donors (Lipinski definition) is 1. The number of benzene rings is 2. The number of hydrogen-bond acceptors (Lipinski definition) is 6. The maximum absolute atomic E-state index is 12.6. The van der Waals surface area contributed by atoms with Gasteiger partial charge in [0.05, 0.1) is 16.9 Å². The van der Waals surface area contributed by atoms with Gasteiger partial charge in [-0.1, -0.05) is 62.4 Å². The molecule has 1 aliphatic heterocycles. The zero-order valence-corrected chi connectivity index (χ0v) is 23.6. The average molecular weight is 528 g/mol. The van der Waals surface area contributed by atoms with Gasteiger partial charge in [-0.25, -0.2) is 9.78 Å². The van der Waals surface area contributed by atoms with Crippen LogP contribution in [0.4, 0.5) is 5.82 Å². The van der Waals surface area contributed by atoms with Gasteiger partial charge in [0.1, 0.15) is 5.82 Å². The van der Waals surface area contributed by atoms with Crippen molar-refractivity contribution in [3.8, 4) is 22.5 Å². The molecule has 4 aromatic rings. The summed E-state index contributed by atoms with van der Waals surface area (Å²) in [5.41, 5.74) is 3.70. The molecule has 5 rings (SSSR count). The van der Waals surface area contributed by atoms with Crippen molar-refractivity contribution in [3.63, 3.8) is 0 Å². The van der Waals surface area contributed by atoms with Gasteiger partial charge in [-0.15, -0.1) is 5.10 Å². The van der Waals surface area contributed by atoms with Crippen LogP contribution in [-0.4, -0.2) is 49.3 Å². The van der Waals surface area contributed by atoms with Crippen LogP contribution in [0, 0.1) is 12.3 Å². The molecule has 0 spiro atoms. The first-order chi connectivity index (χ1) is 18.4. The summed E-state index contributed by atoms with van der Waals surface area (Å²) in [6.07, 6.45) is 0.766. The maximum atomic E-state index is 12.6. The van der Waals surface area contributed by atoms with Gasteiger partial charge in [-0.2, -0.15) is 9.50 Å². The van der Waals surface area contributed by atoms with Crippen LogP contribution in [0.15, 0.2) is 54.6 Å². The fraction of sp³-hybridized carbons (Fsp3) is 0.419. The summed E-state index contributed by atoms with van der Waals surface area (Å²) in [6.45, 7) is 13.5. The highest BCUT2D eigenvalue weighted by Gasteiger charge is 2.36. The van der Waals surface area contributed by atoms with Crippen molar-refractivity contribution in [2.24, 2.45) is 5.41 Å². The Balaban J connectivity index is 1.68. The Labute approximate surface area is 229 Å². The Kier molecular flexibility index (Phi) is 6.93. The number of carbonyl (C=O) groups is 1. The third-order valence-corrected chi connectivity index (χ3v) is 7.29. The Bertz CT molecular complexity index is 1490. The first-order valence-corrected chi connectivity index (χ1v) is 13.5. The van der Waals surface area contributed by atoms with E-state index in [1.54, 1.807) is 4.52 Å². The third-order valence-electron chi connectivity index (χ3n) is 7.29. The predicted molar refractivity (Wildman–Crippen MR) is 153 cm³/mol. The number of carboxylic acids is 1. The molecule has 204 valence electrons. The van der Waals surface area contributed by atoms with Crippen molar-refractivity contribution < 1.29 is 14.6 Å². The van der Waals surface area contributed by atoms with Gasteiger partial charge in [0, 0.05) is 18.7 Å². The summed E-state index contributed by atoms with van der Waals surface area (Å²) in [7, 11) is 0.